The van der Waals surface area contributed by atoms with E-state index in [4.69, 9.17) is 0 Å². The number of nitrogens with zero attached hydrogens (tertiary/aromatic N) is 4. The first kappa shape index (κ1) is 15.2. The Balaban J connectivity index is 1.63. The number of hydrogen-bond donors (Lipinski definition) is 0. The Kier molecular flexibility index (Phi) is 4.23. The van der Waals surface area contributed by atoms with Crippen LogP contribution in [-0.4, -0.2) is 47.3 Å². The molecule has 3 heterocycles. The predicted molar refractivity (Wildman–Crippen MR) is 89.2 cm³/mol. The number of rotatable bonds is 3. The Morgan fingerprint density at radius 1 is 1.00 bits per heavy atom. The molecule has 0 radical (unpaired) electrons. The number of aromatic nitrogens is 2. The Morgan fingerprint density at radius 3 is 2.24 bits per heavy atom. The van der Waals surface area contributed by atoms with Gasteiger partial charge in [0.2, 0.25) is 5.13 Å². The Labute approximate surface area is 132 Å². The molecule has 2 fully saturated rings. The first-order chi connectivity index (χ1) is 9.99. The molecular formula is C16H28N4S. The summed E-state index contributed by atoms with van der Waals surface area (Å²) < 4.78 is 0. The lowest BCUT2D eigenvalue weighted by molar-refractivity contribution is 0.0969. The highest BCUT2D eigenvalue weighted by Crippen LogP contribution is 2.42. The Morgan fingerprint density at radius 2 is 1.67 bits per heavy atom. The van der Waals surface area contributed by atoms with Crippen molar-refractivity contribution in [2.45, 2.75) is 58.9 Å². The largest absolute Gasteiger partial charge is 0.346 e. The van der Waals surface area contributed by atoms with Crippen molar-refractivity contribution in [1.82, 2.24) is 15.1 Å². The molecule has 2 aliphatic heterocycles. The van der Waals surface area contributed by atoms with Gasteiger partial charge in [-0.1, -0.05) is 25.2 Å². The molecule has 0 saturated carbocycles. The zero-order chi connectivity index (χ0) is 15.0. The van der Waals surface area contributed by atoms with Crippen LogP contribution in [0, 0.1) is 5.41 Å². The predicted octanol–water partition coefficient (Wildman–Crippen LogP) is 3.36. The van der Waals surface area contributed by atoms with Gasteiger partial charge in [0.15, 0.2) is 0 Å². The average Bonchev–Trinajstić information content (AvgIpc) is 3.06. The molecule has 21 heavy (non-hydrogen) atoms. The lowest BCUT2D eigenvalue weighted by Crippen LogP contribution is -2.44. The van der Waals surface area contributed by atoms with Gasteiger partial charge in [-0.15, -0.1) is 10.2 Å². The molecule has 0 bridgehead atoms. The first-order valence-corrected chi connectivity index (χ1v) is 9.13. The molecule has 1 aromatic heterocycles. The van der Waals surface area contributed by atoms with E-state index in [2.05, 4.69) is 47.7 Å². The molecule has 5 heteroatoms. The van der Waals surface area contributed by atoms with Crippen LogP contribution in [-0.2, 0) is 0 Å². The van der Waals surface area contributed by atoms with Crippen molar-refractivity contribution >= 4 is 16.5 Å². The van der Waals surface area contributed by atoms with E-state index in [1.54, 1.807) is 11.3 Å². The van der Waals surface area contributed by atoms with Crippen LogP contribution in [0.1, 0.15) is 57.9 Å². The summed E-state index contributed by atoms with van der Waals surface area (Å²) in [7, 11) is 0. The molecule has 4 nitrogen and oxygen atoms in total. The van der Waals surface area contributed by atoms with Crippen LogP contribution >= 0.6 is 11.3 Å². The average molecular weight is 308 g/mol. The first-order valence-electron chi connectivity index (χ1n) is 8.31. The summed E-state index contributed by atoms with van der Waals surface area (Å²) in [5, 5.41) is 11.1. The van der Waals surface area contributed by atoms with E-state index in [1.165, 1.54) is 43.9 Å². The van der Waals surface area contributed by atoms with Crippen LogP contribution in [0.15, 0.2) is 0 Å². The highest BCUT2D eigenvalue weighted by atomic mass is 32.1. The Hall–Kier alpha value is -0.680. The van der Waals surface area contributed by atoms with Gasteiger partial charge in [-0.05, 0) is 51.6 Å². The van der Waals surface area contributed by atoms with Gasteiger partial charge in [-0.3, -0.25) is 0 Å². The monoisotopic (exact) mass is 308 g/mol. The fourth-order valence-electron chi connectivity index (χ4n) is 3.61. The normalized spacial score (nSPS) is 22.9. The second kappa shape index (κ2) is 5.84. The second-order valence-corrected chi connectivity index (χ2v) is 8.37. The number of likely N-dealkylation sites (tertiary alicyclic amines) is 1. The quantitative estimate of drug-likeness (QED) is 0.857. The highest BCUT2D eigenvalue weighted by molar-refractivity contribution is 7.15. The summed E-state index contributed by atoms with van der Waals surface area (Å²) in [6.45, 7) is 13.9. The van der Waals surface area contributed by atoms with E-state index in [0.717, 1.165) is 11.7 Å². The van der Waals surface area contributed by atoms with Gasteiger partial charge in [-0.2, -0.15) is 0 Å². The van der Waals surface area contributed by atoms with Gasteiger partial charge in [-0.25, -0.2) is 0 Å². The minimum absolute atomic E-state index is 0.488. The molecule has 0 aliphatic carbocycles. The molecule has 118 valence electrons. The summed E-state index contributed by atoms with van der Waals surface area (Å²) in [4.78, 5) is 5.10. The molecule has 0 atom stereocenters. The second-order valence-electron chi connectivity index (χ2n) is 7.38. The molecule has 2 saturated heterocycles. The van der Waals surface area contributed by atoms with Gasteiger partial charge in [0.05, 0.1) is 0 Å². The van der Waals surface area contributed by atoms with Gasteiger partial charge in [0, 0.05) is 25.0 Å². The smallest absolute Gasteiger partial charge is 0.208 e. The van der Waals surface area contributed by atoms with Crippen molar-refractivity contribution in [2.24, 2.45) is 5.41 Å². The number of hydrogen-bond acceptors (Lipinski definition) is 5. The van der Waals surface area contributed by atoms with Crippen LogP contribution in [0.3, 0.4) is 0 Å². The summed E-state index contributed by atoms with van der Waals surface area (Å²) in [5.74, 6) is 0.488. The summed E-state index contributed by atoms with van der Waals surface area (Å²) in [6.07, 6.45) is 4.02. The van der Waals surface area contributed by atoms with Crippen molar-refractivity contribution in [3.8, 4) is 0 Å². The van der Waals surface area contributed by atoms with E-state index in [0.29, 0.717) is 17.4 Å². The van der Waals surface area contributed by atoms with Gasteiger partial charge < -0.3 is 9.80 Å². The van der Waals surface area contributed by atoms with Crippen molar-refractivity contribution in [3.05, 3.63) is 5.01 Å². The maximum atomic E-state index is 4.42. The van der Waals surface area contributed by atoms with Crippen LogP contribution in [0.5, 0.6) is 0 Å². The maximum Gasteiger partial charge on any atom is 0.208 e. The van der Waals surface area contributed by atoms with E-state index in [9.17, 15) is 0 Å². The molecule has 1 aromatic rings. The van der Waals surface area contributed by atoms with Crippen LogP contribution < -0.4 is 4.90 Å². The third-order valence-electron chi connectivity index (χ3n) is 5.22. The summed E-state index contributed by atoms with van der Waals surface area (Å²) >= 11 is 1.78. The molecule has 2 aliphatic rings. The fraction of sp³-hybridized carbons (Fsp3) is 0.875. The third-order valence-corrected chi connectivity index (χ3v) is 6.51. The van der Waals surface area contributed by atoms with E-state index < -0.39 is 0 Å². The van der Waals surface area contributed by atoms with Gasteiger partial charge in [0.1, 0.15) is 5.01 Å². The zero-order valence-corrected chi connectivity index (χ0v) is 14.6. The maximum absolute atomic E-state index is 4.42. The van der Waals surface area contributed by atoms with Crippen LogP contribution in [0.25, 0.3) is 0 Å². The minimum atomic E-state index is 0.488. The molecular weight excluding hydrogens is 280 g/mol. The fourth-order valence-corrected chi connectivity index (χ4v) is 4.48. The molecule has 3 rings (SSSR count). The molecule has 0 amide bonds. The van der Waals surface area contributed by atoms with Crippen molar-refractivity contribution in [3.63, 3.8) is 0 Å². The van der Waals surface area contributed by atoms with Gasteiger partial charge >= 0.3 is 0 Å². The van der Waals surface area contributed by atoms with Crippen molar-refractivity contribution in [1.29, 1.82) is 0 Å². The molecule has 0 unspecified atom stereocenters. The number of anilines is 1. The Bertz CT molecular complexity index is 474. The SMILES string of the molecule is CC(C)c1nnc(N2CCC3(CCN(C(C)C)CC3)C2)s1. The van der Waals surface area contributed by atoms with E-state index >= 15 is 0 Å². The van der Waals surface area contributed by atoms with Crippen LogP contribution in [0.4, 0.5) is 5.13 Å². The van der Waals surface area contributed by atoms with E-state index in [-0.39, 0.29) is 0 Å². The highest BCUT2D eigenvalue weighted by Gasteiger charge is 2.41. The lowest BCUT2D eigenvalue weighted by atomic mass is 9.77. The zero-order valence-electron chi connectivity index (χ0n) is 13.8. The number of piperidine rings is 1. The van der Waals surface area contributed by atoms with Gasteiger partial charge in [0.25, 0.3) is 0 Å². The summed E-state index contributed by atoms with van der Waals surface area (Å²) in [5.41, 5.74) is 0.537. The molecule has 1 spiro atoms. The summed E-state index contributed by atoms with van der Waals surface area (Å²) in [6, 6.07) is 0.691. The standard InChI is InChI=1S/C16H28N4S/c1-12(2)14-17-18-15(21-14)20-10-7-16(11-20)5-8-19(9-6-16)13(3)4/h12-13H,5-11H2,1-4H3. The van der Waals surface area contributed by atoms with E-state index in [1.807, 2.05) is 0 Å². The van der Waals surface area contributed by atoms with Crippen molar-refractivity contribution < 1.29 is 0 Å². The third kappa shape index (κ3) is 3.09. The molecule has 0 N–H and O–H groups in total. The topological polar surface area (TPSA) is 32.3 Å². The minimum Gasteiger partial charge on any atom is -0.346 e. The van der Waals surface area contributed by atoms with Crippen LogP contribution in [0.2, 0.25) is 0 Å². The molecule has 0 aromatic carbocycles. The lowest BCUT2D eigenvalue weighted by Gasteiger charge is -2.41. The van der Waals surface area contributed by atoms with Crippen molar-refractivity contribution in [2.75, 3.05) is 31.1 Å².